The molecule has 196 valence electrons. The fourth-order valence-corrected chi connectivity index (χ4v) is 3.18. The van der Waals surface area contributed by atoms with Crippen molar-refractivity contribution in [3.8, 4) is 0 Å². The number of rotatable bonds is 11. The summed E-state index contributed by atoms with van der Waals surface area (Å²) < 4.78 is 5.21. The number of benzene rings is 1. The van der Waals surface area contributed by atoms with Crippen LogP contribution in [0.25, 0.3) is 0 Å². The van der Waals surface area contributed by atoms with Gasteiger partial charge in [-0.25, -0.2) is 9.59 Å². The highest BCUT2D eigenvalue weighted by molar-refractivity contribution is 6.08. The molecule has 0 aliphatic heterocycles. The fourth-order valence-electron chi connectivity index (χ4n) is 3.18. The molecule has 9 nitrogen and oxygen atoms in total. The SMILES string of the molecule is CCCCCN(C(=O)CO)C(=O)N(CC(C)CC)C(=O)c1ccc(CNC(=O)OC(C)(C)C)cc1. The molecule has 0 fully saturated rings. The number of aliphatic hydroxyl groups excluding tert-OH is 1. The lowest BCUT2D eigenvalue weighted by molar-refractivity contribution is -0.131. The van der Waals surface area contributed by atoms with Gasteiger partial charge in [-0.05, 0) is 50.8 Å². The molecule has 9 heteroatoms. The average molecular weight is 492 g/mol. The maximum atomic E-state index is 13.3. The van der Waals surface area contributed by atoms with Gasteiger partial charge in [0.05, 0.1) is 0 Å². The molecule has 1 rings (SSSR count). The Morgan fingerprint density at radius 2 is 1.66 bits per heavy atom. The predicted molar refractivity (Wildman–Crippen MR) is 134 cm³/mol. The zero-order chi connectivity index (χ0) is 26.6. The van der Waals surface area contributed by atoms with Gasteiger partial charge in [-0.15, -0.1) is 0 Å². The molecule has 0 saturated heterocycles. The minimum atomic E-state index is -0.803. The highest BCUT2D eigenvalue weighted by Gasteiger charge is 2.31. The molecule has 0 radical (unpaired) electrons. The Morgan fingerprint density at radius 1 is 1.03 bits per heavy atom. The number of hydrogen-bond acceptors (Lipinski definition) is 6. The summed E-state index contributed by atoms with van der Waals surface area (Å²) in [4.78, 5) is 52.8. The maximum Gasteiger partial charge on any atom is 0.407 e. The van der Waals surface area contributed by atoms with Gasteiger partial charge in [-0.2, -0.15) is 0 Å². The van der Waals surface area contributed by atoms with E-state index < -0.39 is 36.1 Å². The smallest absolute Gasteiger partial charge is 0.407 e. The van der Waals surface area contributed by atoms with Gasteiger partial charge in [0, 0.05) is 25.2 Å². The second-order valence-electron chi connectivity index (χ2n) is 9.67. The largest absolute Gasteiger partial charge is 0.444 e. The standard InChI is InChI=1S/C26H41N3O6/c1-7-9-10-15-28(22(31)18-30)25(34)29(17-19(3)8-2)23(32)21-13-11-20(12-14-21)16-27-24(33)35-26(4,5)6/h11-14,19,30H,7-10,15-18H2,1-6H3,(H,27,33). The molecular weight excluding hydrogens is 450 g/mol. The topological polar surface area (TPSA) is 116 Å². The minimum absolute atomic E-state index is 0.0296. The van der Waals surface area contributed by atoms with E-state index in [9.17, 15) is 24.3 Å². The zero-order valence-corrected chi connectivity index (χ0v) is 21.9. The van der Waals surface area contributed by atoms with E-state index in [1.807, 2.05) is 20.8 Å². The lowest BCUT2D eigenvalue weighted by Gasteiger charge is -2.29. The number of carbonyl (C=O) groups excluding carboxylic acids is 4. The van der Waals surface area contributed by atoms with Crippen LogP contribution in [0.15, 0.2) is 24.3 Å². The lowest BCUT2D eigenvalue weighted by atomic mass is 10.1. The van der Waals surface area contributed by atoms with Crippen LogP contribution >= 0.6 is 0 Å². The summed E-state index contributed by atoms with van der Waals surface area (Å²) in [6.07, 6.45) is 2.52. The first-order valence-electron chi connectivity index (χ1n) is 12.3. The Morgan fingerprint density at radius 3 is 2.17 bits per heavy atom. The Kier molecular flexibility index (Phi) is 12.4. The van der Waals surface area contributed by atoms with E-state index in [1.54, 1.807) is 45.0 Å². The highest BCUT2D eigenvalue weighted by Crippen LogP contribution is 2.15. The maximum absolute atomic E-state index is 13.3. The number of aliphatic hydroxyl groups is 1. The van der Waals surface area contributed by atoms with Gasteiger partial charge in [-0.1, -0.05) is 52.2 Å². The molecule has 0 aliphatic carbocycles. The first-order valence-corrected chi connectivity index (χ1v) is 12.3. The Labute approximate surface area is 208 Å². The van der Waals surface area contributed by atoms with Crippen LogP contribution in [0.3, 0.4) is 0 Å². The van der Waals surface area contributed by atoms with Crippen molar-refractivity contribution in [1.82, 2.24) is 15.1 Å². The quantitative estimate of drug-likeness (QED) is 0.445. The van der Waals surface area contributed by atoms with Crippen molar-refractivity contribution in [3.05, 3.63) is 35.4 Å². The second-order valence-corrected chi connectivity index (χ2v) is 9.67. The molecule has 0 heterocycles. The van der Waals surface area contributed by atoms with Crippen molar-refractivity contribution in [2.24, 2.45) is 5.92 Å². The van der Waals surface area contributed by atoms with Gasteiger partial charge in [0.15, 0.2) is 0 Å². The summed E-state index contributed by atoms with van der Waals surface area (Å²) in [5.74, 6) is -1.22. The van der Waals surface area contributed by atoms with Crippen molar-refractivity contribution >= 4 is 23.9 Å². The molecule has 1 atom stereocenters. The number of hydrogen-bond donors (Lipinski definition) is 2. The van der Waals surface area contributed by atoms with Crippen molar-refractivity contribution in [1.29, 1.82) is 0 Å². The number of ether oxygens (including phenoxy) is 1. The van der Waals surface area contributed by atoms with E-state index in [0.29, 0.717) is 6.42 Å². The van der Waals surface area contributed by atoms with E-state index in [1.165, 1.54) is 0 Å². The van der Waals surface area contributed by atoms with Crippen LogP contribution in [0.1, 0.15) is 83.1 Å². The normalized spacial score (nSPS) is 12.0. The van der Waals surface area contributed by atoms with Gasteiger partial charge in [0.2, 0.25) is 0 Å². The Hall–Kier alpha value is -2.94. The lowest BCUT2D eigenvalue weighted by Crippen LogP contribution is -2.51. The molecule has 0 bridgehead atoms. The third kappa shape index (κ3) is 10.5. The van der Waals surface area contributed by atoms with Crippen molar-refractivity contribution < 1.29 is 29.0 Å². The number of nitrogens with one attached hydrogen (secondary N) is 1. The average Bonchev–Trinajstić information content (AvgIpc) is 2.81. The second kappa shape index (κ2) is 14.5. The molecule has 1 unspecified atom stereocenters. The van der Waals surface area contributed by atoms with Crippen LogP contribution in [-0.2, 0) is 16.1 Å². The summed E-state index contributed by atoms with van der Waals surface area (Å²) in [6.45, 7) is 10.9. The zero-order valence-electron chi connectivity index (χ0n) is 21.9. The van der Waals surface area contributed by atoms with Crippen LogP contribution in [0.2, 0.25) is 0 Å². The Bertz CT molecular complexity index is 848. The number of amides is 5. The predicted octanol–water partition coefficient (Wildman–Crippen LogP) is 4.33. The van der Waals surface area contributed by atoms with Crippen molar-refractivity contribution in [3.63, 3.8) is 0 Å². The fraction of sp³-hybridized carbons (Fsp3) is 0.615. The van der Waals surface area contributed by atoms with Crippen LogP contribution in [0.4, 0.5) is 9.59 Å². The summed E-state index contributed by atoms with van der Waals surface area (Å²) in [5.41, 5.74) is 0.435. The summed E-state index contributed by atoms with van der Waals surface area (Å²) in [7, 11) is 0. The first kappa shape index (κ1) is 30.1. The number of alkyl carbamates (subject to hydrolysis) is 1. The van der Waals surface area contributed by atoms with Crippen molar-refractivity contribution in [2.75, 3.05) is 19.7 Å². The molecule has 0 aromatic heterocycles. The van der Waals surface area contributed by atoms with E-state index in [-0.39, 0.29) is 31.1 Å². The highest BCUT2D eigenvalue weighted by atomic mass is 16.6. The summed E-state index contributed by atoms with van der Waals surface area (Å²) >= 11 is 0. The third-order valence-electron chi connectivity index (χ3n) is 5.36. The van der Waals surface area contributed by atoms with E-state index >= 15 is 0 Å². The van der Waals surface area contributed by atoms with E-state index in [0.717, 1.165) is 34.6 Å². The number of imide groups is 2. The molecule has 0 spiro atoms. The molecule has 0 aliphatic rings. The van der Waals surface area contributed by atoms with Crippen LogP contribution < -0.4 is 5.32 Å². The van der Waals surface area contributed by atoms with Gasteiger partial charge in [-0.3, -0.25) is 19.4 Å². The molecule has 0 saturated carbocycles. The monoisotopic (exact) mass is 491 g/mol. The molecule has 35 heavy (non-hydrogen) atoms. The first-order chi connectivity index (χ1) is 16.4. The molecule has 1 aromatic rings. The van der Waals surface area contributed by atoms with Gasteiger partial charge in [0.25, 0.3) is 11.8 Å². The van der Waals surface area contributed by atoms with Crippen LogP contribution in [0, 0.1) is 5.92 Å². The number of unbranched alkanes of at least 4 members (excludes halogenated alkanes) is 2. The molecular formula is C26H41N3O6. The van der Waals surface area contributed by atoms with Crippen LogP contribution in [0.5, 0.6) is 0 Å². The third-order valence-corrected chi connectivity index (χ3v) is 5.36. The molecule has 1 aromatic carbocycles. The number of carbonyl (C=O) groups is 4. The van der Waals surface area contributed by atoms with Gasteiger partial charge >= 0.3 is 12.1 Å². The minimum Gasteiger partial charge on any atom is -0.444 e. The molecule has 2 N–H and O–H groups in total. The van der Waals surface area contributed by atoms with Crippen molar-refractivity contribution in [2.45, 2.75) is 79.4 Å². The van der Waals surface area contributed by atoms with E-state index in [4.69, 9.17) is 4.74 Å². The van der Waals surface area contributed by atoms with Gasteiger partial charge in [0.1, 0.15) is 12.2 Å². The van der Waals surface area contributed by atoms with Crippen LogP contribution in [-0.4, -0.2) is 64.1 Å². The Balaban J connectivity index is 3.04. The van der Waals surface area contributed by atoms with E-state index in [2.05, 4.69) is 5.32 Å². The number of urea groups is 1. The molecule has 5 amide bonds. The van der Waals surface area contributed by atoms with Gasteiger partial charge < -0.3 is 15.2 Å². The number of nitrogens with zero attached hydrogens (tertiary/aromatic N) is 2. The summed E-state index contributed by atoms with van der Waals surface area (Å²) in [5, 5.41) is 12.0. The summed E-state index contributed by atoms with van der Waals surface area (Å²) in [6, 6.07) is 5.82.